The number of hydrogen-bond acceptors (Lipinski definition) is 8. The maximum Gasteiger partial charge on any atom is 0.326 e. The van der Waals surface area contributed by atoms with Crippen molar-refractivity contribution >= 4 is 23.7 Å². The van der Waals surface area contributed by atoms with Crippen LogP contribution in [0.25, 0.3) is 0 Å². The van der Waals surface area contributed by atoms with E-state index in [1.165, 1.54) is 24.3 Å². The van der Waals surface area contributed by atoms with Crippen LogP contribution in [-0.2, 0) is 38.4 Å². The van der Waals surface area contributed by atoms with Gasteiger partial charge in [0.15, 0.2) is 0 Å². The first-order chi connectivity index (χ1) is 21.5. The van der Waals surface area contributed by atoms with E-state index in [1.807, 2.05) is 6.07 Å². The van der Waals surface area contributed by atoms with Crippen LogP contribution in [0.15, 0.2) is 78.9 Å². The summed E-state index contributed by atoms with van der Waals surface area (Å²) in [4.78, 5) is 52.2. The summed E-state index contributed by atoms with van der Waals surface area (Å²) in [5.41, 5.74) is 13.8. The van der Waals surface area contributed by atoms with Gasteiger partial charge in [0, 0.05) is 12.8 Å². The van der Waals surface area contributed by atoms with Crippen molar-refractivity contribution in [1.82, 2.24) is 16.0 Å². The lowest BCUT2D eigenvalue weighted by Gasteiger charge is -2.25. The fraction of sp³-hybridized carbons (Fsp3) is 0.333. The summed E-state index contributed by atoms with van der Waals surface area (Å²) in [5, 5.41) is 36.9. The molecule has 0 aliphatic carbocycles. The van der Waals surface area contributed by atoms with Crippen molar-refractivity contribution < 1.29 is 34.5 Å². The summed E-state index contributed by atoms with van der Waals surface area (Å²) in [6, 6.07) is 16.7. The zero-order chi connectivity index (χ0) is 32.8. The lowest BCUT2D eigenvalue weighted by Crippen LogP contribution is -2.58. The van der Waals surface area contributed by atoms with Crippen molar-refractivity contribution in [3.05, 3.63) is 95.6 Å². The number of rotatable bonds is 17. The summed E-state index contributed by atoms with van der Waals surface area (Å²) < 4.78 is 0. The fourth-order valence-corrected chi connectivity index (χ4v) is 4.69. The van der Waals surface area contributed by atoms with E-state index in [4.69, 9.17) is 11.5 Å². The van der Waals surface area contributed by atoms with Gasteiger partial charge in [0.05, 0.1) is 6.04 Å². The van der Waals surface area contributed by atoms with Crippen LogP contribution >= 0.6 is 0 Å². The van der Waals surface area contributed by atoms with Gasteiger partial charge in [-0.25, -0.2) is 4.79 Å². The Bertz CT molecular complexity index is 1400. The molecule has 3 amide bonds. The van der Waals surface area contributed by atoms with Crippen molar-refractivity contribution in [2.45, 2.75) is 62.7 Å². The van der Waals surface area contributed by atoms with E-state index in [0.717, 1.165) is 5.56 Å². The van der Waals surface area contributed by atoms with Gasteiger partial charge < -0.3 is 42.7 Å². The molecule has 3 rings (SSSR count). The molecule has 0 saturated heterocycles. The summed E-state index contributed by atoms with van der Waals surface area (Å²) in [6.45, 7) is 0.382. The number of carbonyl (C=O) groups excluding carboxylic acids is 3. The molecular formula is C33H41N5O7. The van der Waals surface area contributed by atoms with Crippen LogP contribution in [0.1, 0.15) is 36.0 Å². The lowest BCUT2D eigenvalue weighted by atomic mass is 10.0. The molecule has 0 saturated carbocycles. The number of carboxylic acids is 1. The first kappa shape index (κ1) is 34.5. The molecule has 10 N–H and O–H groups in total. The van der Waals surface area contributed by atoms with Crippen LogP contribution in [0.2, 0.25) is 0 Å². The minimum Gasteiger partial charge on any atom is -0.508 e. The molecule has 240 valence electrons. The summed E-state index contributed by atoms with van der Waals surface area (Å²) >= 11 is 0. The Kier molecular flexibility index (Phi) is 13.3. The van der Waals surface area contributed by atoms with E-state index in [2.05, 4.69) is 16.0 Å². The SMILES string of the molecule is NCCCCC(NC(=O)C(Cc1ccc(O)cc1)NC(=O)C(Cc1ccccc1)NC(=O)C(N)Cc1ccc(O)cc1)C(=O)O. The van der Waals surface area contributed by atoms with Gasteiger partial charge in [-0.3, -0.25) is 14.4 Å². The molecule has 4 atom stereocenters. The molecule has 12 nitrogen and oxygen atoms in total. The quantitative estimate of drug-likeness (QED) is 0.101. The topological polar surface area (TPSA) is 217 Å². The number of phenols is 2. The molecule has 0 aliphatic rings. The zero-order valence-electron chi connectivity index (χ0n) is 24.9. The number of nitrogens with two attached hydrogens (primary N) is 2. The Morgan fingerprint density at radius 2 is 1.04 bits per heavy atom. The maximum absolute atomic E-state index is 13.7. The normalized spacial score (nSPS) is 13.6. The molecule has 0 fully saturated rings. The first-order valence-electron chi connectivity index (χ1n) is 14.7. The van der Waals surface area contributed by atoms with Crippen LogP contribution in [0.4, 0.5) is 0 Å². The van der Waals surface area contributed by atoms with E-state index in [1.54, 1.807) is 48.5 Å². The number of carboxylic acid groups (broad SMARTS) is 1. The summed E-state index contributed by atoms with van der Waals surface area (Å²) in [7, 11) is 0. The van der Waals surface area contributed by atoms with Gasteiger partial charge in [0.2, 0.25) is 17.7 Å². The molecule has 0 radical (unpaired) electrons. The smallest absolute Gasteiger partial charge is 0.326 e. The molecule has 0 heterocycles. The van der Waals surface area contributed by atoms with E-state index in [-0.39, 0.29) is 37.2 Å². The summed E-state index contributed by atoms with van der Waals surface area (Å²) in [6.07, 6.45) is 1.46. The average molecular weight is 620 g/mol. The van der Waals surface area contributed by atoms with Gasteiger partial charge in [0.1, 0.15) is 29.6 Å². The lowest BCUT2D eigenvalue weighted by molar-refractivity contribution is -0.142. The maximum atomic E-state index is 13.7. The van der Waals surface area contributed by atoms with Crippen LogP contribution < -0.4 is 27.4 Å². The van der Waals surface area contributed by atoms with Crippen molar-refractivity contribution in [3.8, 4) is 11.5 Å². The van der Waals surface area contributed by atoms with Gasteiger partial charge in [-0.2, -0.15) is 0 Å². The van der Waals surface area contributed by atoms with Gasteiger partial charge >= 0.3 is 5.97 Å². The highest BCUT2D eigenvalue weighted by atomic mass is 16.4. The highest BCUT2D eigenvalue weighted by molar-refractivity contribution is 5.94. The predicted molar refractivity (Wildman–Crippen MR) is 168 cm³/mol. The van der Waals surface area contributed by atoms with Crippen LogP contribution in [0, 0.1) is 0 Å². The molecule has 0 aromatic heterocycles. The van der Waals surface area contributed by atoms with Crippen LogP contribution in [0.3, 0.4) is 0 Å². The minimum atomic E-state index is -1.22. The molecular weight excluding hydrogens is 578 g/mol. The Hall–Kier alpha value is -4.94. The van der Waals surface area contributed by atoms with Crippen molar-refractivity contribution in [2.75, 3.05) is 6.54 Å². The molecule has 4 unspecified atom stereocenters. The Morgan fingerprint density at radius 1 is 0.600 bits per heavy atom. The number of hydrogen-bond donors (Lipinski definition) is 8. The van der Waals surface area contributed by atoms with Gasteiger partial charge in [-0.05, 0) is 73.2 Å². The second kappa shape index (κ2) is 17.4. The molecule has 0 aliphatic heterocycles. The third-order valence-corrected chi connectivity index (χ3v) is 7.22. The van der Waals surface area contributed by atoms with E-state index in [9.17, 15) is 34.5 Å². The van der Waals surface area contributed by atoms with Crippen LogP contribution in [0.5, 0.6) is 11.5 Å². The second-order valence-corrected chi connectivity index (χ2v) is 10.8. The average Bonchev–Trinajstić information content (AvgIpc) is 3.02. The molecule has 0 spiro atoms. The second-order valence-electron chi connectivity index (χ2n) is 10.8. The number of nitrogens with one attached hydrogen (secondary N) is 3. The number of aromatic hydroxyl groups is 2. The van der Waals surface area contributed by atoms with Crippen molar-refractivity contribution in [2.24, 2.45) is 11.5 Å². The van der Waals surface area contributed by atoms with Crippen molar-refractivity contribution in [1.29, 1.82) is 0 Å². The molecule has 0 bridgehead atoms. The number of aliphatic carboxylic acids is 1. The number of phenolic OH excluding ortho intramolecular Hbond substituents is 2. The molecule has 45 heavy (non-hydrogen) atoms. The van der Waals surface area contributed by atoms with E-state index < -0.39 is 47.9 Å². The molecule has 3 aromatic carbocycles. The Morgan fingerprint density at radius 3 is 1.53 bits per heavy atom. The monoisotopic (exact) mass is 619 g/mol. The largest absolute Gasteiger partial charge is 0.508 e. The Labute approximate surface area is 261 Å². The summed E-state index contributed by atoms with van der Waals surface area (Å²) in [5.74, 6) is -3.10. The van der Waals surface area contributed by atoms with Gasteiger partial charge in [0.25, 0.3) is 0 Å². The fourth-order valence-electron chi connectivity index (χ4n) is 4.69. The zero-order valence-corrected chi connectivity index (χ0v) is 24.9. The van der Waals surface area contributed by atoms with E-state index >= 15 is 0 Å². The van der Waals surface area contributed by atoms with Gasteiger partial charge in [-0.15, -0.1) is 0 Å². The molecule has 3 aromatic rings. The third kappa shape index (κ3) is 11.6. The third-order valence-electron chi connectivity index (χ3n) is 7.22. The van der Waals surface area contributed by atoms with E-state index in [0.29, 0.717) is 30.5 Å². The first-order valence-corrected chi connectivity index (χ1v) is 14.7. The standard InChI is InChI=1S/C33H41N5O7/c34-17-5-4-8-27(33(44)45)36-31(42)29(20-23-11-15-25(40)16-12-23)38-32(43)28(19-21-6-2-1-3-7-21)37-30(41)26(35)18-22-9-13-24(39)14-10-22/h1-3,6-7,9-16,26-29,39-40H,4-5,8,17-20,34-35H2,(H,36,42)(H,37,41)(H,38,43)(H,44,45). The number of amides is 3. The Balaban J connectivity index is 1.82. The van der Waals surface area contributed by atoms with Gasteiger partial charge in [-0.1, -0.05) is 54.6 Å². The number of unbranched alkanes of at least 4 members (excludes halogenated alkanes) is 1. The predicted octanol–water partition coefficient (Wildman–Crippen LogP) is 1.12. The number of benzene rings is 3. The van der Waals surface area contributed by atoms with Crippen molar-refractivity contribution in [3.63, 3.8) is 0 Å². The molecule has 12 heteroatoms. The highest BCUT2D eigenvalue weighted by Crippen LogP contribution is 2.14. The van der Waals surface area contributed by atoms with Crippen LogP contribution in [-0.4, -0.2) is 69.7 Å². The highest BCUT2D eigenvalue weighted by Gasteiger charge is 2.30. The minimum absolute atomic E-state index is 0.0145. The number of carbonyl (C=O) groups is 4.